The summed E-state index contributed by atoms with van der Waals surface area (Å²) in [5.74, 6) is 0.673. The van der Waals surface area contributed by atoms with Crippen molar-refractivity contribution >= 4 is 23.5 Å². The Morgan fingerprint density at radius 1 is 1.67 bits per heavy atom. The third-order valence-electron chi connectivity index (χ3n) is 2.98. The van der Waals surface area contributed by atoms with Crippen LogP contribution >= 0.6 is 11.6 Å². The normalized spacial score (nSPS) is 19.7. The third kappa shape index (κ3) is 3.01. The lowest BCUT2D eigenvalue weighted by Crippen LogP contribution is -2.44. The maximum atomic E-state index is 10.9. The van der Waals surface area contributed by atoms with Crippen LogP contribution in [0.1, 0.15) is 18.4 Å². The number of aromatic nitrogens is 2. The van der Waals surface area contributed by atoms with Gasteiger partial charge >= 0.3 is 6.09 Å². The van der Waals surface area contributed by atoms with E-state index < -0.39 is 6.09 Å². The quantitative estimate of drug-likeness (QED) is 0.804. The predicted octanol–water partition coefficient (Wildman–Crippen LogP) is 1.99. The van der Waals surface area contributed by atoms with Gasteiger partial charge in [-0.25, -0.2) is 14.8 Å². The Morgan fingerprint density at radius 3 is 3.17 bits per heavy atom. The highest BCUT2D eigenvalue weighted by Crippen LogP contribution is 2.18. The Bertz CT molecular complexity index is 455. The standard InChI is InChI=1S/C11H15ClN4O2/c1-7-5-13-10(12)15-9(7)14-8-3-2-4-16(6-8)11(17)18/h5,8H,2-4,6H2,1H3,(H,17,18)(H,13,14,15). The molecule has 7 heteroatoms. The van der Waals surface area contributed by atoms with Crippen molar-refractivity contribution in [1.29, 1.82) is 0 Å². The van der Waals surface area contributed by atoms with Crippen molar-refractivity contribution in [3.8, 4) is 0 Å². The van der Waals surface area contributed by atoms with E-state index in [1.54, 1.807) is 6.20 Å². The molecule has 98 valence electrons. The molecule has 1 aromatic heterocycles. The number of nitrogens with one attached hydrogen (secondary N) is 1. The predicted molar refractivity (Wildman–Crippen MR) is 68.0 cm³/mol. The lowest BCUT2D eigenvalue weighted by Gasteiger charge is -2.31. The topological polar surface area (TPSA) is 78.4 Å². The maximum absolute atomic E-state index is 10.9. The second kappa shape index (κ2) is 5.39. The van der Waals surface area contributed by atoms with E-state index in [-0.39, 0.29) is 11.3 Å². The van der Waals surface area contributed by atoms with E-state index in [2.05, 4.69) is 15.3 Å². The summed E-state index contributed by atoms with van der Waals surface area (Å²) in [5, 5.41) is 12.4. The highest BCUT2D eigenvalue weighted by molar-refractivity contribution is 6.28. The van der Waals surface area contributed by atoms with Crippen LogP contribution in [0.2, 0.25) is 5.28 Å². The molecule has 0 aliphatic carbocycles. The van der Waals surface area contributed by atoms with E-state index in [4.69, 9.17) is 16.7 Å². The summed E-state index contributed by atoms with van der Waals surface area (Å²) in [4.78, 5) is 20.3. The summed E-state index contributed by atoms with van der Waals surface area (Å²) in [6.07, 6.45) is 2.54. The number of nitrogens with zero attached hydrogens (tertiary/aromatic N) is 3. The third-order valence-corrected chi connectivity index (χ3v) is 3.16. The fourth-order valence-corrected chi connectivity index (χ4v) is 2.16. The van der Waals surface area contributed by atoms with Gasteiger partial charge in [0.25, 0.3) is 0 Å². The molecule has 1 saturated heterocycles. The van der Waals surface area contributed by atoms with Crippen LogP contribution in [0.25, 0.3) is 0 Å². The van der Waals surface area contributed by atoms with E-state index in [0.717, 1.165) is 18.4 Å². The summed E-state index contributed by atoms with van der Waals surface area (Å²) in [7, 11) is 0. The van der Waals surface area contributed by atoms with Gasteiger partial charge in [0, 0.05) is 30.9 Å². The summed E-state index contributed by atoms with van der Waals surface area (Å²) in [6.45, 7) is 2.95. The zero-order valence-electron chi connectivity index (χ0n) is 10.1. The minimum Gasteiger partial charge on any atom is -0.465 e. The molecule has 1 aromatic rings. The molecule has 18 heavy (non-hydrogen) atoms. The van der Waals surface area contributed by atoms with Crippen molar-refractivity contribution in [3.05, 3.63) is 17.0 Å². The number of carboxylic acid groups (broad SMARTS) is 1. The van der Waals surface area contributed by atoms with E-state index in [0.29, 0.717) is 18.9 Å². The van der Waals surface area contributed by atoms with Crippen LogP contribution in [-0.2, 0) is 0 Å². The minimum atomic E-state index is -0.876. The van der Waals surface area contributed by atoms with Gasteiger partial charge in [-0.05, 0) is 31.4 Å². The molecule has 0 bridgehead atoms. The Kier molecular flexibility index (Phi) is 3.86. The molecule has 1 amide bonds. The van der Waals surface area contributed by atoms with Crippen molar-refractivity contribution in [1.82, 2.24) is 14.9 Å². The second-order valence-electron chi connectivity index (χ2n) is 4.38. The molecule has 1 atom stereocenters. The van der Waals surface area contributed by atoms with Crippen LogP contribution in [0.4, 0.5) is 10.6 Å². The van der Waals surface area contributed by atoms with Crippen molar-refractivity contribution < 1.29 is 9.90 Å². The molecule has 1 fully saturated rings. The molecule has 2 N–H and O–H groups in total. The number of halogens is 1. The summed E-state index contributed by atoms with van der Waals surface area (Å²) < 4.78 is 0. The molecule has 2 rings (SSSR count). The van der Waals surface area contributed by atoms with Crippen LogP contribution in [0, 0.1) is 6.92 Å². The van der Waals surface area contributed by atoms with Gasteiger partial charge in [0.05, 0.1) is 0 Å². The lowest BCUT2D eigenvalue weighted by atomic mass is 10.1. The average Bonchev–Trinajstić information content (AvgIpc) is 2.34. The Hall–Kier alpha value is -1.56. The Labute approximate surface area is 110 Å². The first-order valence-corrected chi connectivity index (χ1v) is 6.17. The maximum Gasteiger partial charge on any atom is 0.407 e. The first-order valence-electron chi connectivity index (χ1n) is 5.80. The number of aryl methyl sites for hydroxylation is 1. The zero-order valence-corrected chi connectivity index (χ0v) is 10.8. The van der Waals surface area contributed by atoms with Crippen molar-refractivity contribution in [3.63, 3.8) is 0 Å². The molecular formula is C11H15ClN4O2. The van der Waals surface area contributed by atoms with Gasteiger partial charge < -0.3 is 15.3 Å². The SMILES string of the molecule is Cc1cnc(Cl)nc1NC1CCCN(C(=O)O)C1. The molecule has 1 aliphatic rings. The summed E-state index contributed by atoms with van der Waals surface area (Å²) in [5.41, 5.74) is 0.895. The number of likely N-dealkylation sites (tertiary alicyclic amines) is 1. The summed E-state index contributed by atoms with van der Waals surface area (Å²) >= 11 is 5.75. The number of rotatable bonds is 2. The molecule has 0 saturated carbocycles. The number of piperidine rings is 1. The summed E-state index contributed by atoms with van der Waals surface area (Å²) in [6, 6.07) is 0.0690. The van der Waals surface area contributed by atoms with Crippen LogP contribution in [0.3, 0.4) is 0 Å². The van der Waals surface area contributed by atoms with Crippen molar-refractivity contribution in [2.24, 2.45) is 0 Å². The van der Waals surface area contributed by atoms with Gasteiger partial charge in [0.1, 0.15) is 5.82 Å². The highest BCUT2D eigenvalue weighted by Gasteiger charge is 2.23. The van der Waals surface area contributed by atoms with Crippen LogP contribution < -0.4 is 5.32 Å². The molecule has 2 heterocycles. The van der Waals surface area contributed by atoms with Gasteiger partial charge in [-0.3, -0.25) is 0 Å². The highest BCUT2D eigenvalue weighted by atomic mass is 35.5. The molecule has 0 spiro atoms. The fourth-order valence-electron chi connectivity index (χ4n) is 2.03. The van der Waals surface area contributed by atoms with Crippen LogP contribution in [-0.4, -0.2) is 45.2 Å². The number of hydrogen-bond donors (Lipinski definition) is 2. The minimum absolute atomic E-state index is 0.0690. The van der Waals surface area contributed by atoms with Gasteiger partial charge in [-0.15, -0.1) is 0 Å². The number of hydrogen-bond acceptors (Lipinski definition) is 4. The van der Waals surface area contributed by atoms with E-state index >= 15 is 0 Å². The first kappa shape index (κ1) is 12.9. The number of amides is 1. The molecular weight excluding hydrogens is 256 g/mol. The van der Waals surface area contributed by atoms with Crippen LogP contribution in [0.15, 0.2) is 6.20 Å². The first-order chi connectivity index (χ1) is 8.56. The second-order valence-corrected chi connectivity index (χ2v) is 4.72. The molecule has 1 unspecified atom stereocenters. The fraction of sp³-hybridized carbons (Fsp3) is 0.545. The van der Waals surface area contributed by atoms with Crippen LogP contribution in [0.5, 0.6) is 0 Å². The monoisotopic (exact) mass is 270 g/mol. The van der Waals surface area contributed by atoms with Gasteiger partial charge in [0.2, 0.25) is 5.28 Å². The van der Waals surface area contributed by atoms with E-state index in [1.807, 2.05) is 6.92 Å². The largest absolute Gasteiger partial charge is 0.465 e. The number of anilines is 1. The van der Waals surface area contributed by atoms with Crippen molar-refractivity contribution in [2.75, 3.05) is 18.4 Å². The van der Waals surface area contributed by atoms with Gasteiger partial charge in [-0.2, -0.15) is 0 Å². The van der Waals surface area contributed by atoms with Crippen molar-refractivity contribution in [2.45, 2.75) is 25.8 Å². The number of carbonyl (C=O) groups is 1. The van der Waals surface area contributed by atoms with Gasteiger partial charge in [0.15, 0.2) is 0 Å². The van der Waals surface area contributed by atoms with E-state index in [9.17, 15) is 4.79 Å². The Morgan fingerprint density at radius 2 is 2.44 bits per heavy atom. The zero-order chi connectivity index (χ0) is 13.1. The molecule has 1 aliphatic heterocycles. The Balaban J connectivity index is 2.04. The molecule has 6 nitrogen and oxygen atoms in total. The average molecular weight is 271 g/mol. The smallest absolute Gasteiger partial charge is 0.407 e. The molecule has 0 aromatic carbocycles. The van der Waals surface area contributed by atoms with E-state index in [1.165, 1.54) is 4.90 Å². The molecule has 0 radical (unpaired) electrons. The lowest BCUT2D eigenvalue weighted by molar-refractivity contribution is 0.133. The van der Waals surface area contributed by atoms with Gasteiger partial charge in [-0.1, -0.05) is 0 Å².